The summed E-state index contributed by atoms with van der Waals surface area (Å²) in [4.78, 5) is 16.7. The van der Waals surface area contributed by atoms with Crippen molar-refractivity contribution in [1.29, 1.82) is 0 Å². The zero-order valence-corrected chi connectivity index (χ0v) is 14.7. The molecule has 0 spiro atoms. The van der Waals surface area contributed by atoms with Crippen molar-refractivity contribution in [3.63, 3.8) is 0 Å². The van der Waals surface area contributed by atoms with Crippen LogP contribution >= 0.6 is 11.6 Å². The highest BCUT2D eigenvalue weighted by atomic mass is 35.5. The molecular weight excluding hydrogens is 336 g/mol. The highest BCUT2D eigenvalue weighted by Crippen LogP contribution is 2.36. The SMILES string of the molecule is CC(C)Cn1c(O)c(C2=c3cc(Cl)ccc3=NC2=O)c2ccccc21. The van der Waals surface area contributed by atoms with Crippen LogP contribution in [0.25, 0.3) is 16.5 Å². The second kappa shape index (κ2) is 5.74. The molecule has 126 valence electrons. The molecule has 0 aliphatic carbocycles. The average Bonchev–Trinajstić information content (AvgIpc) is 3.02. The number of aromatic hydroxyl groups is 1. The van der Waals surface area contributed by atoms with Gasteiger partial charge >= 0.3 is 0 Å². The number of amides is 1. The van der Waals surface area contributed by atoms with Gasteiger partial charge in [0.2, 0.25) is 0 Å². The van der Waals surface area contributed by atoms with E-state index in [0.717, 1.165) is 10.9 Å². The lowest BCUT2D eigenvalue weighted by Gasteiger charge is -2.10. The third kappa shape index (κ3) is 2.45. The Labute approximate surface area is 149 Å². The topological polar surface area (TPSA) is 54.6 Å². The van der Waals surface area contributed by atoms with Crippen molar-refractivity contribution < 1.29 is 9.90 Å². The number of aromatic nitrogens is 1. The summed E-state index contributed by atoms with van der Waals surface area (Å²) in [5.41, 5.74) is 1.85. The lowest BCUT2D eigenvalue weighted by Crippen LogP contribution is -2.22. The van der Waals surface area contributed by atoms with Crippen molar-refractivity contribution in [1.82, 2.24) is 4.57 Å². The van der Waals surface area contributed by atoms with Crippen molar-refractivity contribution >= 4 is 34.0 Å². The molecule has 0 fully saturated rings. The van der Waals surface area contributed by atoms with Crippen LogP contribution in [-0.4, -0.2) is 15.6 Å². The van der Waals surface area contributed by atoms with Gasteiger partial charge < -0.3 is 9.67 Å². The number of nitrogens with zero attached hydrogens (tertiary/aromatic N) is 2. The Hall–Kier alpha value is -2.59. The molecule has 1 aliphatic heterocycles. The van der Waals surface area contributed by atoms with Crippen molar-refractivity contribution in [3.05, 3.63) is 63.6 Å². The first-order valence-electron chi connectivity index (χ1n) is 8.21. The number of halogens is 1. The first kappa shape index (κ1) is 15.9. The molecule has 1 amide bonds. The maximum Gasteiger partial charge on any atom is 0.279 e. The summed E-state index contributed by atoms with van der Waals surface area (Å²) >= 11 is 6.12. The molecule has 0 saturated heterocycles. The minimum absolute atomic E-state index is 0.0984. The molecule has 0 unspecified atom stereocenters. The van der Waals surface area contributed by atoms with Crippen LogP contribution in [0.5, 0.6) is 5.88 Å². The van der Waals surface area contributed by atoms with E-state index >= 15 is 0 Å². The Morgan fingerprint density at radius 3 is 2.72 bits per heavy atom. The van der Waals surface area contributed by atoms with Gasteiger partial charge in [-0.05, 0) is 30.2 Å². The predicted molar refractivity (Wildman–Crippen MR) is 98.2 cm³/mol. The van der Waals surface area contributed by atoms with Gasteiger partial charge in [0.1, 0.15) is 0 Å². The number of fused-ring (bicyclic) bond motifs is 2. The molecule has 5 heteroatoms. The lowest BCUT2D eigenvalue weighted by molar-refractivity contribution is -0.112. The molecule has 1 N–H and O–H groups in total. The van der Waals surface area contributed by atoms with E-state index in [4.69, 9.17) is 11.6 Å². The molecule has 25 heavy (non-hydrogen) atoms. The van der Waals surface area contributed by atoms with Gasteiger partial charge in [-0.1, -0.05) is 43.6 Å². The van der Waals surface area contributed by atoms with Crippen molar-refractivity contribution in [2.24, 2.45) is 10.9 Å². The Kier molecular flexibility index (Phi) is 3.65. The van der Waals surface area contributed by atoms with E-state index in [9.17, 15) is 9.90 Å². The molecular formula is C20H17ClN2O2. The smallest absolute Gasteiger partial charge is 0.279 e. The highest BCUT2D eigenvalue weighted by Gasteiger charge is 2.27. The first-order valence-corrected chi connectivity index (χ1v) is 8.58. The van der Waals surface area contributed by atoms with E-state index in [1.165, 1.54) is 0 Å². The summed E-state index contributed by atoms with van der Waals surface area (Å²) in [5, 5.41) is 13.6. The molecule has 0 atom stereocenters. The molecule has 2 aromatic carbocycles. The van der Waals surface area contributed by atoms with E-state index in [0.29, 0.717) is 39.2 Å². The van der Waals surface area contributed by atoms with E-state index in [-0.39, 0.29) is 11.8 Å². The Bertz CT molecular complexity index is 1140. The second-order valence-corrected chi connectivity index (χ2v) is 7.11. The summed E-state index contributed by atoms with van der Waals surface area (Å²) in [6.07, 6.45) is 0. The number of rotatable bonds is 3. The van der Waals surface area contributed by atoms with E-state index < -0.39 is 0 Å². The van der Waals surface area contributed by atoms with Crippen LogP contribution in [0.4, 0.5) is 0 Å². The molecule has 1 aromatic heterocycles. The number of benzene rings is 2. The van der Waals surface area contributed by atoms with Crippen molar-refractivity contribution in [2.45, 2.75) is 20.4 Å². The van der Waals surface area contributed by atoms with Gasteiger partial charge in [-0.2, -0.15) is 0 Å². The Balaban J connectivity index is 2.13. The second-order valence-electron chi connectivity index (χ2n) is 6.67. The molecule has 0 saturated carbocycles. The normalized spacial score (nSPS) is 13.6. The molecule has 4 nitrogen and oxygen atoms in total. The summed E-state index contributed by atoms with van der Waals surface area (Å²) in [6.45, 7) is 4.84. The fourth-order valence-corrected chi connectivity index (χ4v) is 3.59. The molecule has 2 heterocycles. The summed E-state index contributed by atoms with van der Waals surface area (Å²) in [5.74, 6) is 0.103. The minimum atomic E-state index is -0.347. The molecule has 0 radical (unpaired) electrons. The van der Waals surface area contributed by atoms with E-state index in [1.54, 1.807) is 18.2 Å². The van der Waals surface area contributed by atoms with Gasteiger partial charge in [0, 0.05) is 22.2 Å². The van der Waals surface area contributed by atoms with Crippen LogP contribution in [-0.2, 0) is 11.3 Å². The maximum absolute atomic E-state index is 12.6. The maximum atomic E-state index is 12.6. The van der Waals surface area contributed by atoms with Gasteiger partial charge in [-0.3, -0.25) is 4.79 Å². The monoisotopic (exact) mass is 352 g/mol. The standard InChI is InChI=1S/C20H17ClN2O2/c1-11(2)10-23-16-6-4-3-5-13(16)18(20(23)25)17-14-9-12(21)7-8-15(14)22-19(17)24/h3-9,11,25H,10H2,1-2H3. The van der Waals surface area contributed by atoms with Crippen LogP contribution in [0, 0.1) is 5.92 Å². The Morgan fingerprint density at radius 2 is 1.96 bits per heavy atom. The van der Waals surface area contributed by atoms with Gasteiger partial charge in [0.05, 0.1) is 22.0 Å². The van der Waals surface area contributed by atoms with Gasteiger partial charge in [-0.25, -0.2) is 4.99 Å². The van der Waals surface area contributed by atoms with Crippen LogP contribution in [0.2, 0.25) is 5.02 Å². The average molecular weight is 353 g/mol. The van der Waals surface area contributed by atoms with Crippen LogP contribution in [0.3, 0.4) is 0 Å². The summed E-state index contributed by atoms with van der Waals surface area (Å²) in [6, 6.07) is 12.9. The largest absolute Gasteiger partial charge is 0.494 e. The fraction of sp³-hybridized carbons (Fsp3) is 0.200. The number of carbonyl (C=O) groups excluding carboxylic acids is 1. The van der Waals surface area contributed by atoms with Gasteiger partial charge in [0.25, 0.3) is 5.91 Å². The predicted octanol–water partition coefficient (Wildman–Crippen LogP) is 3.02. The van der Waals surface area contributed by atoms with Gasteiger partial charge in [-0.15, -0.1) is 0 Å². The van der Waals surface area contributed by atoms with Crippen LogP contribution in [0.1, 0.15) is 19.4 Å². The van der Waals surface area contributed by atoms with Crippen molar-refractivity contribution in [2.75, 3.05) is 0 Å². The zero-order valence-electron chi connectivity index (χ0n) is 14.0. The lowest BCUT2D eigenvalue weighted by atomic mass is 10.0. The first-order chi connectivity index (χ1) is 12.0. The number of para-hydroxylation sites is 1. The third-order valence-electron chi connectivity index (χ3n) is 4.40. The van der Waals surface area contributed by atoms with Crippen LogP contribution < -0.4 is 10.6 Å². The summed E-state index contributed by atoms with van der Waals surface area (Å²) < 4.78 is 1.86. The highest BCUT2D eigenvalue weighted by molar-refractivity contribution is 6.31. The van der Waals surface area contributed by atoms with E-state index in [1.807, 2.05) is 28.8 Å². The molecule has 0 bridgehead atoms. The Morgan fingerprint density at radius 1 is 1.20 bits per heavy atom. The number of hydrogen-bond acceptors (Lipinski definition) is 2. The minimum Gasteiger partial charge on any atom is -0.494 e. The molecule has 1 aliphatic rings. The van der Waals surface area contributed by atoms with Gasteiger partial charge in [0.15, 0.2) is 5.88 Å². The number of carbonyl (C=O) groups is 1. The van der Waals surface area contributed by atoms with Crippen LogP contribution in [0.15, 0.2) is 47.5 Å². The number of hydrogen-bond donors (Lipinski definition) is 1. The molecule has 3 aromatic rings. The quantitative estimate of drug-likeness (QED) is 0.787. The van der Waals surface area contributed by atoms with E-state index in [2.05, 4.69) is 18.8 Å². The fourth-order valence-electron chi connectivity index (χ4n) is 3.41. The molecule has 4 rings (SSSR count). The van der Waals surface area contributed by atoms with Crippen molar-refractivity contribution in [3.8, 4) is 5.88 Å². The summed E-state index contributed by atoms with van der Waals surface area (Å²) in [7, 11) is 0. The third-order valence-corrected chi connectivity index (χ3v) is 4.64. The zero-order chi connectivity index (χ0) is 17.7.